The lowest BCUT2D eigenvalue weighted by Gasteiger charge is -2.33. The van der Waals surface area contributed by atoms with Gasteiger partial charge in [0, 0.05) is 38.3 Å². The standard InChI is InChI=1S/C24H24N4O3/c29-22(20-11-5-2-6-12-20)26-24-25-21(18-31-24)23(30)28-16-14-27(15-17-28)13-7-10-19-8-3-1-4-9-19/h1-12,18H,13-17H2,(H,25,26,29)/b10-7+. The second kappa shape index (κ2) is 9.86. The molecule has 0 saturated carbocycles. The Balaban J connectivity index is 1.26. The smallest absolute Gasteiger partial charge is 0.302 e. The molecule has 7 nitrogen and oxygen atoms in total. The summed E-state index contributed by atoms with van der Waals surface area (Å²) in [4.78, 5) is 33.1. The first kappa shape index (κ1) is 20.6. The summed E-state index contributed by atoms with van der Waals surface area (Å²) in [6, 6.07) is 19.0. The van der Waals surface area contributed by atoms with Gasteiger partial charge < -0.3 is 9.32 Å². The number of aromatic nitrogens is 1. The molecular formula is C24H24N4O3. The number of benzene rings is 2. The third-order valence-corrected chi connectivity index (χ3v) is 5.11. The Morgan fingerprint density at radius 1 is 0.968 bits per heavy atom. The molecule has 1 N–H and O–H groups in total. The van der Waals surface area contributed by atoms with Crippen molar-refractivity contribution in [3.05, 3.63) is 89.8 Å². The molecule has 2 aromatic carbocycles. The molecule has 2 amide bonds. The number of nitrogens with zero attached hydrogens (tertiary/aromatic N) is 3. The molecule has 1 fully saturated rings. The van der Waals surface area contributed by atoms with Crippen LogP contribution >= 0.6 is 0 Å². The van der Waals surface area contributed by atoms with Crippen LogP contribution in [0.25, 0.3) is 6.08 Å². The molecule has 1 saturated heterocycles. The van der Waals surface area contributed by atoms with E-state index in [2.05, 4.69) is 39.5 Å². The molecule has 0 spiro atoms. The molecule has 1 aliphatic heterocycles. The number of anilines is 1. The Labute approximate surface area is 181 Å². The average Bonchev–Trinajstić information content (AvgIpc) is 3.29. The second-order valence-electron chi connectivity index (χ2n) is 7.26. The van der Waals surface area contributed by atoms with Crippen molar-refractivity contribution in [2.75, 3.05) is 38.0 Å². The molecule has 4 rings (SSSR count). The van der Waals surface area contributed by atoms with Gasteiger partial charge in [-0.3, -0.25) is 19.8 Å². The maximum Gasteiger partial charge on any atom is 0.302 e. The zero-order valence-corrected chi connectivity index (χ0v) is 17.1. The lowest BCUT2D eigenvalue weighted by molar-refractivity contribution is 0.0644. The van der Waals surface area contributed by atoms with Crippen molar-refractivity contribution < 1.29 is 14.0 Å². The number of carbonyl (C=O) groups excluding carboxylic acids is 2. The van der Waals surface area contributed by atoms with Gasteiger partial charge in [-0.15, -0.1) is 0 Å². The number of carbonyl (C=O) groups is 2. The average molecular weight is 416 g/mol. The molecule has 0 radical (unpaired) electrons. The van der Waals surface area contributed by atoms with E-state index in [0.717, 1.165) is 19.6 Å². The van der Waals surface area contributed by atoms with Crippen LogP contribution in [-0.2, 0) is 0 Å². The quantitative estimate of drug-likeness (QED) is 0.666. The first-order chi connectivity index (χ1) is 15.2. The Morgan fingerprint density at radius 2 is 1.65 bits per heavy atom. The van der Waals surface area contributed by atoms with E-state index in [1.165, 1.54) is 11.8 Å². The van der Waals surface area contributed by atoms with Crippen LogP contribution in [0.15, 0.2) is 77.4 Å². The van der Waals surface area contributed by atoms with Crippen molar-refractivity contribution in [3.8, 4) is 0 Å². The van der Waals surface area contributed by atoms with E-state index in [1.807, 2.05) is 24.3 Å². The number of oxazole rings is 1. The number of nitrogens with one attached hydrogen (secondary N) is 1. The second-order valence-corrected chi connectivity index (χ2v) is 7.26. The summed E-state index contributed by atoms with van der Waals surface area (Å²) >= 11 is 0. The Bertz CT molecular complexity index is 1040. The molecule has 7 heteroatoms. The maximum atomic E-state index is 12.7. The monoisotopic (exact) mass is 416 g/mol. The fourth-order valence-corrected chi connectivity index (χ4v) is 3.39. The number of rotatable bonds is 6. The fraction of sp³-hybridized carbons (Fsp3) is 0.208. The summed E-state index contributed by atoms with van der Waals surface area (Å²) in [5, 5.41) is 2.58. The minimum absolute atomic E-state index is 0.0156. The molecule has 0 aliphatic carbocycles. The molecule has 1 aliphatic rings. The minimum Gasteiger partial charge on any atom is -0.431 e. The SMILES string of the molecule is O=C(Nc1nc(C(=O)N2CCN(C/C=C/c3ccccc3)CC2)co1)c1ccccc1. The van der Waals surface area contributed by atoms with Crippen LogP contribution in [0.2, 0.25) is 0 Å². The van der Waals surface area contributed by atoms with Crippen molar-refractivity contribution in [2.45, 2.75) is 0 Å². The van der Waals surface area contributed by atoms with Gasteiger partial charge in [-0.2, -0.15) is 4.98 Å². The highest BCUT2D eigenvalue weighted by Crippen LogP contribution is 2.13. The van der Waals surface area contributed by atoms with Crippen LogP contribution in [-0.4, -0.2) is 59.3 Å². The van der Waals surface area contributed by atoms with Gasteiger partial charge in [0.25, 0.3) is 11.8 Å². The number of hydrogen-bond acceptors (Lipinski definition) is 5. The molecule has 31 heavy (non-hydrogen) atoms. The van der Waals surface area contributed by atoms with Gasteiger partial charge in [-0.05, 0) is 17.7 Å². The van der Waals surface area contributed by atoms with E-state index < -0.39 is 0 Å². The maximum absolute atomic E-state index is 12.7. The largest absolute Gasteiger partial charge is 0.431 e. The van der Waals surface area contributed by atoms with Crippen LogP contribution in [0.3, 0.4) is 0 Å². The predicted octanol–water partition coefficient (Wildman–Crippen LogP) is 3.40. The Kier molecular flexibility index (Phi) is 6.54. The summed E-state index contributed by atoms with van der Waals surface area (Å²) < 4.78 is 5.27. The van der Waals surface area contributed by atoms with E-state index in [4.69, 9.17) is 4.42 Å². The first-order valence-corrected chi connectivity index (χ1v) is 10.2. The number of piperazine rings is 1. The summed E-state index contributed by atoms with van der Waals surface area (Å²) in [7, 11) is 0. The van der Waals surface area contributed by atoms with Gasteiger partial charge in [0.05, 0.1) is 0 Å². The highest BCUT2D eigenvalue weighted by molar-refractivity contribution is 6.03. The fourth-order valence-electron chi connectivity index (χ4n) is 3.39. The van der Waals surface area contributed by atoms with Gasteiger partial charge in [-0.25, -0.2) is 0 Å². The Morgan fingerprint density at radius 3 is 2.35 bits per heavy atom. The van der Waals surface area contributed by atoms with Crippen LogP contribution in [0, 0.1) is 0 Å². The Hall–Kier alpha value is -3.71. The van der Waals surface area contributed by atoms with Crippen LogP contribution < -0.4 is 5.32 Å². The molecule has 0 unspecified atom stereocenters. The van der Waals surface area contributed by atoms with Gasteiger partial charge in [0.15, 0.2) is 5.69 Å². The van der Waals surface area contributed by atoms with E-state index >= 15 is 0 Å². The summed E-state index contributed by atoms with van der Waals surface area (Å²) in [6.07, 6.45) is 5.54. The normalized spacial score (nSPS) is 14.6. The highest BCUT2D eigenvalue weighted by atomic mass is 16.4. The van der Waals surface area contributed by atoms with Crippen LogP contribution in [0.5, 0.6) is 0 Å². The molecule has 0 atom stereocenters. The van der Waals surface area contributed by atoms with Crippen molar-refractivity contribution in [3.63, 3.8) is 0 Å². The highest BCUT2D eigenvalue weighted by Gasteiger charge is 2.24. The van der Waals surface area contributed by atoms with Gasteiger partial charge in [-0.1, -0.05) is 60.7 Å². The van der Waals surface area contributed by atoms with Gasteiger partial charge >= 0.3 is 6.01 Å². The van der Waals surface area contributed by atoms with Gasteiger partial charge in [0.1, 0.15) is 6.26 Å². The zero-order chi connectivity index (χ0) is 21.5. The van der Waals surface area contributed by atoms with Crippen LogP contribution in [0.4, 0.5) is 6.01 Å². The van der Waals surface area contributed by atoms with E-state index in [9.17, 15) is 9.59 Å². The molecule has 3 aromatic rings. The third kappa shape index (κ3) is 5.46. The van der Waals surface area contributed by atoms with E-state index in [-0.39, 0.29) is 23.5 Å². The summed E-state index contributed by atoms with van der Waals surface area (Å²) in [5.41, 5.74) is 1.87. The van der Waals surface area contributed by atoms with Crippen LogP contribution in [0.1, 0.15) is 26.4 Å². The van der Waals surface area contributed by atoms with Gasteiger partial charge in [0.2, 0.25) is 0 Å². The lowest BCUT2D eigenvalue weighted by Crippen LogP contribution is -2.48. The van der Waals surface area contributed by atoms with Crippen molar-refractivity contribution in [2.24, 2.45) is 0 Å². The molecule has 2 heterocycles. The number of amides is 2. The predicted molar refractivity (Wildman–Crippen MR) is 119 cm³/mol. The zero-order valence-electron chi connectivity index (χ0n) is 17.1. The molecular weight excluding hydrogens is 392 g/mol. The summed E-state index contributed by atoms with van der Waals surface area (Å²) in [6.45, 7) is 3.67. The van der Waals surface area contributed by atoms with Crippen molar-refractivity contribution >= 4 is 23.9 Å². The van der Waals surface area contributed by atoms with E-state index in [1.54, 1.807) is 29.2 Å². The number of hydrogen-bond donors (Lipinski definition) is 1. The topological polar surface area (TPSA) is 78.7 Å². The molecule has 0 bridgehead atoms. The van der Waals surface area contributed by atoms with E-state index in [0.29, 0.717) is 18.7 Å². The molecule has 158 valence electrons. The van der Waals surface area contributed by atoms with Crippen molar-refractivity contribution in [1.82, 2.24) is 14.8 Å². The minimum atomic E-state index is -0.335. The summed E-state index contributed by atoms with van der Waals surface area (Å²) in [5.74, 6) is -0.526. The lowest BCUT2D eigenvalue weighted by atomic mass is 10.2. The molecule has 1 aromatic heterocycles. The third-order valence-electron chi connectivity index (χ3n) is 5.11. The first-order valence-electron chi connectivity index (χ1n) is 10.2. The van der Waals surface area contributed by atoms with Crippen molar-refractivity contribution in [1.29, 1.82) is 0 Å².